The van der Waals surface area contributed by atoms with E-state index in [4.69, 9.17) is 18.1 Å². The van der Waals surface area contributed by atoms with E-state index in [1.165, 1.54) is 5.56 Å². The van der Waals surface area contributed by atoms with Crippen molar-refractivity contribution in [1.29, 1.82) is 5.26 Å². The molecule has 0 spiro atoms. The molecule has 1 saturated heterocycles. The third kappa shape index (κ3) is 4.74. The van der Waals surface area contributed by atoms with Crippen molar-refractivity contribution in [3.8, 4) is 6.07 Å². The smallest absolute Gasteiger partial charge is 0.150 e. The molecule has 8 heteroatoms. The first-order valence-corrected chi connectivity index (χ1v) is 11.2. The minimum Gasteiger partial charge on any atom is -0.366 e. The van der Waals surface area contributed by atoms with Crippen LogP contribution in [0.25, 0.3) is 5.65 Å². The summed E-state index contributed by atoms with van der Waals surface area (Å²) in [7, 11) is 6.19. The van der Waals surface area contributed by atoms with Crippen LogP contribution >= 0.6 is 0 Å². The van der Waals surface area contributed by atoms with Crippen molar-refractivity contribution in [2.45, 2.75) is 31.8 Å². The molecule has 4 aromatic rings. The lowest BCUT2D eigenvalue weighted by atomic mass is 9.93. The average Bonchev–Trinajstić information content (AvgIpc) is 3.24. The Morgan fingerprint density at radius 3 is 2.82 bits per heavy atom. The summed E-state index contributed by atoms with van der Waals surface area (Å²) in [5.41, 5.74) is 5.30. The van der Waals surface area contributed by atoms with E-state index < -0.39 is 0 Å². The lowest BCUT2D eigenvalue weighted by Gasteiger charge is -2.32. The van der Waals surface area contributed by atoms with E-state index in [9.17, 15) is 0 Å². The number of nitriles is 1. The fraction of sp³-hybridized carbons (Fsp3) is 0.280. The summed E-state index contributed by atoms with van der Waals surface area (Å²) in [5, 5.41) is 16.9. The molecule has 2 radical (unpaired) electrons. The molecule has 1 aromatic carbocycles. The van der Waals surface area contributed by atoms with Crippen LogP contribution in [0.3, 0.4) is 0 Å². The van der Waals surface area contributed by atoms with E-state index in [1.54, 1.807) is 16.9 Å². The Balaban J connectivity index is 1.36. The quantitative estimate of drug-likeness (QED) is 0.471. The van der Waals surface area contributed by atoms with Gasteiger partial charge in [0.15, 0.2) is 5.65 Å². The van der Waals surface area contributed by atoms with Crippen molar-refractivity contribution < 1.29 is 0 Å². The standard InChI is InChI=1S/C25H24BN7/c26-22-15-30-33-24(29-14-20-3-1-9-28-13-20)11-23(31-25(22)33)21-4-2-10-32(17-21)16-19-7-5-18(12-27)6-8-19/h1,3,5-9,11,13,15,21,29H,2,4,10,14,16-17H2. The number of hydrogen-bond donors (Lipinski definition) is 1. The third-order valence-corrected chi connectivity index (χ3v) is 6.13. The van der Waals surface area contributed by atoms with Crippen molar-refractivity contribution in [2.75, 3.05) is 18.4 Å². The number of aromatic nitrogens is 4. The van der Waals surface area contributed by atoms with Gasteiger partial charge in [0.05, 0.1) is 17.3 Å². The second kappa shape index (κ2) is 9.43. The van der Waals surface area contributed by atoms with Gasteiger partial charge in [0, 0.05) is 50.2 Å². The van der Waals surface area contributed by atoms with Crippen LogP contribution in [0.4, 0.5) is 5.82 Å². The fourth-order valence-corrected chi connectivity index (χ4v) is 4.41. The minimum absolute atomic E-state index is 0.315. The second-order valence-corrected chi connectivity index (χ2v) is 8.50. The predicted molar refractivity (Wildman–Crippen MR) is 128 cm³/mol. The van der Waals surface area contributed by atoms with Gasteiger partial charge in [0.1, 0.15) is 13.7 Å². The number of nitrogens with zero attached hydrogens (tertiary/aromatic N) is 6. The van der Waals surface area contributed by atoms with Crippen LogP contribution in [0, 0.1) is 11.3 Å². The van der Waals surface area contributed by atoms with Crippen LogP contribution in [0.15, 0.2) is 61.1 Å². The summed E-state index contributed by atoms with van der Waals surface area (Å²) >= 11 is 0. The highest BCUT2D eigenvalue weighted by Gasteiger charge is 2.24. The molecule has 0 aliphatic carbocycles. The number of fused-ring (bicyclic) bond motifs is 1. The Kier molecular flexibility index (Phi) is 6.05. The number of anilines is 1. The van der Waals surface area contributed by atoms with Gasteiger partial charge in [-0.25, -0.2) is 4.98 Å². The molecule has 0 amide bonds. The van der Waals surface area contributed by atoms with Crippen molar-refractivity contribution in [3.05, 3.63) is 83.4 Å². The highest BCUT2D eigenvalue weighted by atomic mass is 15.3. The molecule has 1 N–H and O–H groups in total. The zero-order chi connectivity index (χ0) is 22.6. The van der Waals surface area contributed by atoms with Gasteiger partial charge in [-0.1, -0.05) is 18.2 Å². The lowest BCUT2D eigenvalue weighted by Crippen LogP contribution is -2.34. The SMILES string of the molecule is [B]c1cnn2c(NCc3cccnc3)cc(C3CCCN(Cc4ccc(C#N)cc4)C3)nc12. The number of rotatable bonds is 6. The molecule has 162 valence electrons. The number of piperidine rings is 1. The maximum Gasteiger partial charge on any atom is 0.150 e. The first-order valence-electron chi connectivity index (χ1n) is 11.2. The number of benzene rings is 1. The molecule has 7 nitrogen and oxygen atoms in total. The lowest BCUT2D eigenvalue weighted by molar-refractivity contribution is 0.198. The van der Waals surface area contributed by atoms with Crippen LogP contribution in [0.5, 0.6) is 0 Å². The Labute approximate surface area is 194 Å². The molecule has 5 rings (SSSR count). The molecular formula is C25H24BN7. The molecule has 1 atom stereocenters. The fourth-order valence-electron chi connectivity index (χ4n) is 4.41. The van der Waals surface area contributed by atoms with E-state index in [-0.39, 0.29) is 0 Å². The van der Waals surface area contributed by atoms with E-state index in [2.05, 4.69) is 32.4 Å². The molecule has 33 heavy (non-hydrogen) atoms. The van der Waals surface area contributed by atoms with Crippen LogP contribution in [-0.4, -0.2) is 45.4 Å². The largest absolute Gasteiger partial charge is 0.366 e. The predicted octanol–water partition coefficient (Wildman–Crippen LogP) is 2.78. The number of nitrogens with one attached hydrogen (secondary N) is 1. The molecule has 3 aromatic heterocycles. The van der Waals surface area contributed by atoms with E-state index in [1.807, 2.05) is 42.6 Å². The number of likely N-dealkylation sites (tertiary alicyclic amines) is 1. The van der Waals surface area contributed by atoms with Gasteiger partial charge in [-0.05, 0) is 54.2 Å². The summed E-state index contributed by atoms with van der Waals surface area (Å²) in [4.78, 5) is 11.6. The molecule has 1 fully saturated rings. The van der Waals surface area contributed by atoms with Gasteiger partial charge < -0.3 is 5.32 Å². The second-order valence-electron chi connectivity index (χ2n) is 8.50. The third-order valence-electron chi connectivity index (χ3n) is 6.13. The summed E-state index contributed by atoms with van der Waals surface area (Å²) < 4.78 is 1.77. The average molecular weight is 433 g/mol. The molecular weight excluding hydrogens is 409 g/mol. The molecule has 0 saturated carbocycles. The summed E-state index contributed by atoms with van der Waals surface area (Å²) in [5.74, 6) is 1.19. The van der Waals surface area contributed by atoms with Gasteiger partial charge in [-0.3, -0.25) is 9.88 Å². The van der Waals surface area contributed by atoms with Gasteiger partial charge in [-0.2, -0.15) is 14.9 Å². The van der Waals surface area contributed by atoms with E-state index >= 15 is 0 Å². The molecule has 0 bridgehead atoms. The summed E-state index contributed by atoms with van der Waals surface area (Å²) in [6.07, 6.45) is 7.47. The van der Waals surface area contributed by atoms with E-state index in [0.29, 0.717) is 29.1 Å². The van der Waals surface area contributed by atoms with Crippen LogP contribution in [0.1, 0.15) is 41.1 Å². The van der Waals surface area contributed by atoms with Gasteiger partial charge in [0.2, 0.25) is 0 Å². The van der Waals surface area contributed by atoms with Crippen LogP contribution in [0.2, 0.25) is 0 Å². The summed E-state index contributed by atoms with van der Waals surface area (Å²) in [6.45, 7) is 3.49. The maximum atomic E-state index is 9.02. The van der Waals surface area contributed by atoms with Crippen molar-refractivity contribution in [1.82, 2.24) is 24.5 Å². The van der Waals surface area contributed by atoms with Gasteiger partial charge in [-0.15, -0.1) is 0 Å². The Morgan fingerprint density at radius 2 is 2.03 bits per heavy atom. The van der Waals surface area contributed by atoms with Gasteiger partial charge in [0.25, 0.3) is 0 Å². The van der Waals surface area contributed by atoms with Crippen molar-refractivity contribution in [2.24, 2.45) is 0 Å². The normalized spacial score (nSPS) is 16.5. The molecule has 1 aliphatic rings. The van der Waals surface area contributed by atoms with Crippen molar-refractivity contribution >= 4 is 24.8 Å². The Bertz CT molecular complexity index is 1280. The monoisotopic (exact) mass is 433 g/mol. The first-order chi connectivity index (χ1) is 16.2. The first kappa shape index (κ1) is 21.2. The molecule has 1 unspecified atom stereocenters. The summed E-state index contributed by atoms with van der Waals surface area (Å²) in [6, 6.07) is 16.1. The molecule has 1 aliphatic heterocycles. The maximum absolute atomic E-state index is 9.02. The zero-order valence-corrected chi connectivity index (χ0v) is 18.4. The Hall–Kier alpha value is -3.70. The minimum atomic E-state index is 0.315. The zero-order valence-electron chi connectivity index (χ0n) is 18.4. The molecule has 4 heterocycles. The van der Waals surface area contributed by atoms with Crippen LogP contribution < -0.4 is 10.8 Å². The highest BCUT2D eigenvalue weighted by molar-refractivity contribution is 6.36. The highest BCUT2D eigenvalue weighted by Crippen LogP contribution is 2.28. The number of pyridine rings is 1. The topological polar surface area (TPSA) is 82.1 Å². The van der Waals surface area contributed by atoms with Crippen LogP contribution in [-0.2, 0) is 13.1 Å². The van der Waals surface area contributed by atoms with E-state index in [0.717, 1.165) is 49.6 Å². The Morgan fingerprint density at radius 1 is 1.15 bits per heavy atom. The van der Waals surface area contributed by atoms with Gasteiger partial charge >= 0.3 is 0 Å². The number of hydrogen-bond acceptors (Lipinski definition) is 6. The van der Waals surface area contributed by atoms with Crippen molar-refractivity contribution in [3.63, 3.8) is 0 Å².